The van der Waals surface area contributed by atoms with Gasteiger partial charge < -0.3 is 4.74 Å². The van der Waals surface area contributed by atoms with Gasteiger partial charge in [-0.2, -0.15) is 13.2 Å². The zero-order valence-corrected chi connectivity index (χ0v) is 10.6. The van der Waals surface area contributed by atoms with Crippen LogP contribution in [0.5, 0.6) is 0 Å². The first-order valence-corrected chi connectivity index (χ1v) is 6.12. The van der Waals surface area contributed by atoms with Gasteiger partial charge in [-0.3, -0.25) is 0 Å². The van der Waals surface area contributed by atoms with Gasteiger partial charge in [-0.15, -0.1) is 0 Å². The largest absolute Gasteiger partial charge is 0.417 e. The summed E-state index contributed by atoms with van der Waals surface area (Å²) in [6.07, 6.45) is -3.51. The lowest BCUT2D eigenvalue weighted by atomic mass is 10.3. The van der Waals surface area contributed by atoms with Gasteiger partial charge in [-0.05, 0) is 19.9 Å². The molecule has 0 saturated heterocycles. The molecule has 3 nitrogen and oxygen atoms in total. The fourth-order valence-corrected chi connectivity index (χ4v) is 2.13. The van der Waals surface area contributed by atoms with Gasteiger partial charge in [0.25, 0.3) is 0 Å². The van der Waals surface area contributed by atoms with Crippen molar-refractivity contribution in [2.75, 3.05) is 0 Å². The molecule has 18 heavy (non-hydrogen) atoms. The number of thiazole rings is 1. The van der Waals surface area contributed by atoms with Crippen LogP contribution < -0.4 is 0 Å². The molecular weight excluding hydrogens is 265 g/mol. The highest BCUT2D eigenvalue weighted by atomic mass is 32.1. The molecule has 0 aromatic carbocycles. The second-order valence-electron chi connectivity index (χ2n) is 4.01. The van der Waals surface area contributed by atoms with Crippen molar-refractivity contribution in [3.63, 3.8) is 0 Å². The normalized spacial score (nSPS) is 12.6. The first-order valence-electron chi connectivity index (χ1n) is 5.30. The molecule has 2 aromatic rings. The molecule has 7 heteroatoms. The number of aromatic nitrogens is 2. The molecule has 0 aliphatic heterocycles. The van der Waals surface area contributed by atoms with E-state index in [4.69, 9.17) is 4.74 Å². The Bertz CT molecular complexity index is 551. The Balaban J connectivity index is 2.28. The number of halogens is 3. The smallest absolute Gasteiger partial charge is 0.372 e. The summed E-state index contributed by atoms with van der Waals surface area (Å²) in [6.45, 7) is 4.06. The van der Waals surface area contributed by atoms with E-state index < -0.39 is 11.7 Å². The number of hydrogen-bond acceptors (Lipinski definition) is 4. The first kappa shape index (κ1) is 13.2. The highest BCUT2D eigenvalue weighted by molar-refractivity contribution is 7.18. The van der Waals surface area contributed by atoms with E-state index in [1.54, 1.807) is 0 Å². The van der Waals surface area contributed by atoms with Crippen LogP contribution >= 0.6 is 11.3 Å². The molecule has 2 aromatic heterocycles. The number of rotatable bonds is 3. The highest BCUT2D eigenvalue weighted by Gasteiger charge is 2.31. The summed E-state index contributed by atoms with van der Waals surface area (Å²) >= 11 is 1.24. The van der Waals surface area contributed by atoms with Crippen molar-refractivity contribution in [1.29, 1.82) is 0 Å². The van der Waals surface area contributed by atoms with Crippen molar-refractivity contribution in [1.82, 2.24) is 9.97 Å². The quantitative estimate of drug-likeness (QED) is 0.858. The van der Waals surface area contributed by atoms with Crippen molar-refractivity contribution >= 4 is 21.7 Å². The first-order chi connectivity index (χ1) is 8.36. The van der Waals surface area contributed by atoms with Crippen molar-refractivity contribution in [2.45, 2.75) is 32.7 Å². The third-order valence-corrected chi connectivity index (χ3v) is 3.11. The Hall–Kier alpha value is -1.21. The van der Waals surface area contributed by atoms with Gasteiger partial charge in [-0.1, -0.05) is 11.3 Å². The fourth-order valence-electron chi connectivity index (χ4n) is 1.32. The van der Waals surface area contributed by atoms with E-state index in [-0.39, 0.29) is 11.6 Å². The standard InChI is InChI=1S/C11H11F3N2OS/c1-6(2)17-5-9-16-8-3-7(11(12,13)14)4-15-10(8)18-9/h3-4,6H,5H2,1-2H3. The summed E-state index contributed by atoms with van der Waals surface area (Å²) in [7, 11) is 0. The Labute approximate surface area is 106 Å². The third-order valence-electron chi connectivity index (χ3n) is 2.16. The van der Waals surface area contributed by atoms with E-state index in [0.717, 1.165) is 12.3 Å². The summed E-state index contributed by atoms with van der Waals surface area (Å²) in [5.74, 6) is 0. The van der Waals surface area contributed by atoms with Crippen LogP contribution in [0.25, 0.3) is 10.3 Å². The Morgan fingerprint density at radius 1 is 1.39 bits per heavy atom. The van der Waals surface area contributed by atoms with Crippen molar-refractivity contribution in [2.24, 2.45) is 0 Å². The lowest BCUT2D eigenvalue weighted by Crippen LogP contribution is -2.05. The topological polar surface area (TPSA) is 35.0 Å². The summed E-state index contributed by atoms with van der Waals surface area (Å²) in [5.41, 5.74) is -0.520. The van der Waals surface area contributed by atoms with E-state index in [1.165, 1.54) is 11.3 Å². The van der Waals surface area contributed by atoms with Gasteiger partial charge in [0.1, 0.15) is 15.4 Å². The van der Waals surface area contributed by atoms with Gasteiger partial charge >= 0.3 is 6.18 Å². The maximum atomic E-state index is 12.5. The van der Waals surface area contributed by atoms with Crippen LogP contribution in [-0.2, 0) is 17.5 Å². The van der Waals surface area contributed by atoms with Crippen LogP contribution in [0.15, 0.2) is 12.3 Å². The summed E-state index contributed by atoms with van der Waals surface area (Å²) in [5, 5.41) is 0.630. The number of ether oxygens (including phenoxy) is 1. The second-order valence-corrected chi connectivity index (χ2v) is 5.08. The summed E-state index contributed by atoms with van der Waals surface area (Å²) in [4.78, 5) is 8.36. The van der Waals surface area contributed by atoms with Crippen LogP contribution in [0, 0.1) is 0 Å². The summed E-state index contributed by atoms with van der Waals surface area (Å²) < 4.78 is 42.8. The highest BCUT2D eigenvalue weighted by Crippen LogP contribution is 2.31. The van der Waals surface area contributed by atoms with Crippen molar-refractivity contribution < 1.29 is 17.9 Å². The fraction of sp³-hybridized carbons (Fsp3) is 0.455. The summed E-state index contributed by atoms with van der Waals surface area (Å²) in [6, 6.07) is 1.01. The molecule has 0 aliphatic carbocycles. The van der Waals surface area contributed by atoms with Crippen LogP contribution in [-0.4, -0.2) is 16.1 Å². The molecule has 0 spiro atoms. The predicted octanol–water partition coefficient (Wildman–Crippen LogP) is 3.64. The molecule has 0 amide bonds. The minimum absolute atomic E-state index is 0.0516. The molecule has 0 N–H and O–H groups in total. The molecule has 0 radical (unpaired) electrons. The zero-order chi connectivity index (χ0) is 13.3. The van der Waals surface area contributed by atoms with E-state index in [2.05, 4.69) is 9.97 Å². The third kappa shape index (κ3) is 2.97. The van der Waals surface area contributed by atoms with E-state index in [1.807, 2.05) is 13.8 Å². The van der Waals surface area contributed by atoms with Gasteiger partial charge in [0.05, 0.1) is 18.3 Å². The van der Waals surface area contributed by atoms with Crippen LogP contribution in [0.3, 0.4) is 0 Å². The average Bonchev–Trinajstić information content (AvgIpc) is 2.66. The Morgan fingerprint density at radius 2 is 2.11 bits per heavy atom. The lowest BCUT2D eigenvalue weighted by molar-refractivity contribution is -0.137. The number of pyridine rings is 1. The maximum absolute atomic E-state index is 12.5. The van der Waals surface area contributed by atoms with Gasteiger partial charge in [-0.25, -0.2) is 9.97 Å². The van der Waals surface area contributed by atoms with Gasteiger partial charge in [0.2, 0.25) is 0 Å². The molecule has 0 saturated carbocycles. The minimum Gasteiger partial charge on any atom is -0.372 e. The monoisotopic (exact) mass is 276 g/mol. The van der Waals surface area contributed by atoms with Crippen molar-refractivity contribution in [3.8, 4) is 0 Å². The molecule has 2 heterocycles. The average molecular weight is 276 g/mol. The van der Waals surface area contributed by atoms with Gasteiger partial charge in [0, 0.05) is 6.20 Å². The Kier molecular flexibility index (Phi) is 3.54. The predicted molar refractivity (Wildman–Crippen MR) is 62.3 cm³/mol. The second kappa shape index (κ2) is 4.81. The van der Waals surface area contributed by atoms with Crippen LogP contribution in [0.4, 0.5) is 13.2 Å². The minimum atomic E-state index is -4.39. The Morgan fingerprint density at radius 3 is 2.72 bits per heavy atom. The van der Waals surface area contributed by atoms with E-state index in [9.17, 15) is 13.2 Å². The van der Waals surface area contributed by atoms with Crippen LogP contribution in [0.2, 0.25) is 0 Å². The lowest BCUT2D eigenvalue weighted by Gasteiger charge is -2.04. The van der Waals surface area contributed by atoms with Crippen LogP contribution in [0.1, 0.15) is 24.4 Å². The number of alkyl halides is 3. The molecule has 0 atom stereocenters. The number of fused-ring (bicyclic) bond motifs is 1. The van der Waals surface area contributed by atoms with Crippen molar-refractivity contribution in [3.05, 3.63) is 22.8 Å². The van der Waals surface area contributed by atoms with E-state index in [0.29, 0.717) is 16.4 Å². The molecule has 0 bridgehead atoms. The van der Waals surface area contributed by atoms with Gasteiger partial charge in [0.15, 0.2) is 0 Å². The molecule has 0 fully saturated rings. The zero-order valence-electron chi connectivity index (χ0n) is 9.78. The molecule has 0 unspecified atom stereocenters. The number of nitrogens with zero attached hydrogens (tertiary/aromatic N) is 2. The number of hydrogen-bond donors (Lipinski definition) is 0. The molecule has 2 rings (SSSR count). The van der Waals surface area contributed by atoms with E-state index >= 15 is 0 Å². The maximum Gasteiger partial charge on any atom is 0.417 e. The molecular formula is C11H11F3N2OS. The SMILES string of the molecule is CC(C)OCc1nc2cc(C(F)(F)F)cnc2s1. The molecule has 0 aliphatic rings. The molecule has 98 valence electrons.